The average molecular weight is 449 g/mol. The highest BCUT2D eigenvalue weighted by Gasteiger charge is 2.14. The fraction of sp³-hybridized carbons (Fsp3) is 0.130. The molecule has 0 atom stereocenters. The molecule has 2 heterocycles. The van der Waals surface area contributed by atoms with Crippen LogP contribution in [0.4, 0.5) is 5.69 Å². The summed E-state index contributed by atoms with van der Waals surface area (Å²) in [5, 5.41) is 15.7. The molecule has 0 unspecified atom stereocenters. The number of fused-ring (bicyclic) bond motifs is 1. The van der Waals surface area contributed by atoms with Crippen LogP contribution in [0.1, 0.15) is 26.6 Å². The Labute approximate surface area is 187 Å². The Kier molecular flexibility index (Phi) is 5.74. The van der Waals surface area contributed by atoms with Gasteiger partial charge in [0.05, 0.1) is 23.1 Å². The highest BCUT2D eigenvalue weighted by Crippen LogP contribution is 2.29. The van der Waals surface area contributed by atoms with E-state index in [2.05, 4.69) is 15.1 Å². The van der Waals surface area contributed by atoms with Crippen molar-refractivity contribution < 1.29 is 14.5 Å². The number of hydrogen-bond acceptors (Lipinski definition) is 6. The summed E-state index contributed by atoms with van der Waals surface area (Å²) in [5.41, 5.74) is 6.37. The van der Waals surface area contributed by atoms with Crippen LogP contribution in [-0.2, 0) is 0 Å². The third kappa shape index (κ3) is 4.10. The maximum atomic E-state index is 12.5. The Hall–Kier alpha value is -3.98. The smallest absolute Gasteiger partial charge is 0.281 e. The van der Waals surface area contributed by atoms with Gasteiger partial charge in [-0.1, -0.05) is 6.07 Å². The lowest BCUT2D eigenvalue weighted by atomic mass is 10.2. The molecule has 1 N–H and O–H groups in total. The predicted octanol–water partition coefficient (Wildman–Crippen LogP) is 4.99. The van der Waals surface area contributed by atoms with E-state index in [1.54, 1.807) is 25.5 Å². The zero-order valence-electron chi connectivity index (χ0n) is 17.7. The van der Waals surface area contributed by atoms with Gasteiger partial charge < -0.3 is 9.30 Å². The van der Waals surface area contributed by atoms with Crippen molar-refractivity contribution in [2.24, 2.45) is 5.10 Å². The van der Waals surface area contributed by atoms with Crippen LogP contribution < -0.4 is 10.2 Å². The van der Waals surface area contributed by atoms with Gasteiger partial charge in [0.15, 0.2) is 0 Å². The number of ether oxygens (including phenoxy) is 1. The molecule has 0 aliphatic carbocycles. The molecule has 0 fully saturated rings. The summed E-state index contributed by atoms with van der Waals surface area (Å²) in [4.78, 5) is 23.4. The van der Waals surface area contributed by atoms with Gasteiger partial charge in [-0.25, -0.2) is 5.43 Å². The summed E-state index contributed by atoms with van der Waals surface area (Å²) in [6.45, 7) is 3.98. The van der Waals surface area contributed by atoms with Crippen LogP contribution in [0.5, 0.6) is 5.75 Å². The molecule has 4 rings (SSSR count). The molecule has 32 heavy (non-hydrogen) atoms. The van der Waals surface area contributed by atoms with Gasteiger partial charge in [0.1, 0.15) is 5.75 Å². The minimum atomic E-state index is -0.455. The fourth-order valence-electron chi connectivity index (χ4n) is 3.54. The van der Waals surface area contributed by atoms with Crippen molar-refractivity contribution in [3.05, 3.63) is 86.5 Å². The number of aryl methyl sites for hydroxylation is 1. The quantitative estimate of drug-likeness (QED) is 0.255. The number of aromatic nitrogens is 1. The van der Waals surface area contributed by atoms with Gasteiger partial charge in [-0.2, -0.15) is 5.10 Å². The van der Waals surface area contributed by atoms with Gasteiger partial charge in [-0.15, -0.1) is 11.3 Å². The maximum absolute atomic E-state index is 12.5. The third-order valence-electron chi connectivity index (χ3n) is 5.09. The first-order valence-corrected chi connectivity index (χ1v) is 10.5. The molecule has 0 saturated carbocycles. The first-order valence-electron chi connectivity index (χ1n) is 9.72. The summed E-state index contributed by atoms with van der Waals surface area (Å²) in [5.74, 6) is 0.401. The lowest BCUT2D eigenvalue weighted by Crippen LogP contribution is -2.16. The minimum absolute atomic E-state index is 0.00771. The molecule has 8 nitrogen and oxygen atoms in total. The second kappa shape index (κ2) is 8.64. The molecule has 0 aliphatic heterocycles. The number of hydrogen-bond donors (Lipinski definition) is 1. The SMILES string of the molecule is COc1cccc(-n2c(C)cc(/C=N/NC(=O)c3cc4cc([N+](=O)[O-])ccc4s3)c2C)c1. The van der Waals surface area contributed by atoms with Crippen LogP contribution in [-0.4, -0.2) is 28.7 Å². The van der Waals surface area contributed by atoms with E-state index in [9.17, 15) is 14.9 Å². The number of amides is 1. The zero-order chi connectivity index (χ0) is 22.8. The van der Waals surface area contributed by atoms with Gasteiger partial charge in [0.2, 0.25) is 0 Å². The van der Waals surface area contributed by atoms with Crippen LogP contribution in [0.2, 0.25) is 0 Å². The zero-order valence-corrected chi connectivity index (χ0v) is 18.5. The second-order valence-corrected chi connectivity index (χ2v) is 8.24. The van der Waals surface area contributed by atoms with Crippen molar-refractivity contribution in [1.29, 1.82) is 0 Å². The number of carbonyl (C=O) groups is 1. The molecular formula is C23H20N4O4S. The Balaban J connectivity index is 1.52. The van der Waals surface area contributed by atoms with E-state index in [-0.39, 0.29) is 11.6 Å². The first kappa shape index (κ1) is 21.3. The van der Waals surface area contributed by atoms with Crippen molar-refractivity contribution >= 4 is 39.2 Å². The van der Waals surface area contributed by atoms with Crippen LogP contribution in [0.15, 0.2) is 59.7 Å². The normalized spacial score (nSPS) is 11.2. The monoisotopic (exact) mass is 448 g/mol. The largest absolute Gasteiger partial charge is 0.497 e. The number of nitrogens with one attached hydrogen (secondary N) is 1. The summed E-state index contributed by atoms with van der Waals surface area (Å²) in [7, 11) is 1.63. The topological polar surface area (TPSA) is 98.8 Å². The van der Waals surface area contributed by atoms with Crippen LogP contribution in [0, 0.1) is 24.0 Å². The molecule has 0 aliphatic rings. The van der Waals surface area contributed by atoms with Crippen LogP contribution in [0.25, 0.3) is 15.8 Å². The Morgan fingerprint density at radius 3 is 2.75 bits per heavy atom. The number of benzene rings is 2. The number of carbonyl (C=O) groups excluding carboxylic acids is 1. The maximum Gasteiger partial charge on any atom is 0.281 e. The first-order chi connectivity index (χ1) is 15.4. The average Bonchev–Trinajstić information content (AvgIpc) is 3.33. The van der Waals surface area contributed by atoms with E-state index in [1.165, 1.54) is 23.5 Å². The van der Waals surface area contributed by atoms with E-state index in [0.29, 0.717) is 10.3 Å². The molecule has 4 aromatic rings. The van der Waals surface area contributed by atoms with Gasteiger partial charge in [-0.05, 0) is 44.2 Å². The summed E-state index contributed by atoms with van der Waals surface area (Å²) in [6.07, 6.45) is 1.61. The Morgan fingerprint density at radius 2 is 2.00 bits per heavy atom. The molecule has 0 radical (unpaired) electrons. The number of nitro groups is 1. The highest BCUT2D eigenvalue weighted by molar-refractivity contribution is 7.20. The van der Waals surface area contributed by atoms with Crippen molar-refractivity contribution in [2.75, 3.05) is 7.11 Å². The van der Waals surface area contributed by atoms with E-state index in [1.807, 2.05) is 44.2 Å². The van der Waals surface area contributed by atoms with Crippen LogP contribution in [0.3, 0.4) is 0 Å². The standard InChI is InChI=1S/C23H20N4O4S/c1-14-9-17(15(2)26(14)18-5-4-6-20(12-18)31-3)13-24-25-23(28)22-11-16-10-19(27(29)30)7-8-21(16)32-22/h4-13H,1-3H3,(H,25,28)/b24-13+. The lowest BCUT2D eigenvalue weighted by Gasteiger charge is -2.11. The summed E-state index contributed by atoms with van der Waals surface area (Å²) >= 11 is 1.26. The molecule has 162 valence electrons. The Bertz CT molecular complexity index is 1370. The highest BCUT2D eigenvalue weighted by atomic mass is 32.1. The molecule has 0 bridgehead atoms. The van der Waals surface area contributed by atoms with Crippen molar-refractivity contribution in [1.82, 2.24) is 9.99 Å². The number of thiophene rings is 1. The predicted molar refractivity (Wildman–Crippen MR) is 125 cm³/mol. The number of methoxy groups -OCH3 is 1. The summed E-state index contributed by atoms with van der Waals surface area (Å²) in [6, 6.07) is 15.9. The Morgan fingerprint density at radius 1 is 1.19 bits per heavy atom. The molecule has 1 amide bonds. The van der Waals surface area contributed by atoms with E-state index < -0.39 is 4.92 Å². The summed E-state index contributed by atoms with van der Waals surface area (Å²) < 4.78 is 8.20. The van der Waals surface area contributed by atoms with Crippen LogP contribution >= 0.6 is 11.3 Å². The van der Waals surface area contributed by atoms with Gasteiger partial charge >= 0.3 is 0 Å². The minimum Gasteiger partial charge on any atom is -0.497 e. The van der Waals surface area contributed by atoms with Gasteiger partial charge in [0.25, 0.3) is 11.6 Å². The third-order valence-corrected chi connectivity index (χ3v) is 6.20. The number of nitrogens with zero attached hydrogens (tertiary/aromatic N) is 3. The van der Waals surface area contributed by atoms with Crippen molar-refractivity contribution in [3.8, 4) is 11.4 Å². The van der Waals surface area contributed by atoms with Crippen molar-refractivity contribution in [3.63, 3.8) is 0 Å². The second-order valence-electron chi connectivity index (χ2n) is 7.15. The number of nitro benzene ring substituents is 1. The molecule has 2 aromatic carbocycles. The molecule has 0 saturated heterocycles. The van der Waals surface area contributed by atoms with E-state index >= 15 is 0 Å². The molecular weight excluding hydrogens is 428 g/mol. The number of hydrazone groups is 1. The van der Waals surface area contributed by atoms with Crippen molar-refractivity contribution in [2.45, 2.75) is 13.8 Å². The van der Waals surface area contributed by atoms with E-state index in [0.717, 1.165) is 33.1 Å². The number of rotatable bonds is 6. The van der Waals surface area contributed by atoms with Gasteiger partial charge in [-0.3, -0.25) is 14.9 Å². The fourth-order valence-corrected chi connectivity index (χ4v) is 4.47. The molecule has 0 spiro atoms. The van der Waals surface area contributed by atoms with E-state index in [4.69, 9.17) is 4.74 Å². The number of non-ortho nitro benzene ring substituents is 1. The van der Waals surface area contributed by atoms with Gasteiger partial charge in [0, 0.05) is 50.9 Å². The molecule has 9 heteroatoms. The molecule has 2 aromatic heterocycles. The lowest BCUT2D eigenvalue weighted by molar-refractivity contribution is -0.384.